The molecule has 148 valence electrons. The number of halogens is 1. The summed E-state index contributed by atoms with van der Waals surface area (Å²) in [6, 6.07) is 6.52. The molecule has 2 aliphatic rings. The summed E-state index contributed by atoms with van der Waals surface area (Å²) in [5.41, 5.74) is 0.314. The number of oxime groups is 1. The second kappa shape index (κ2) is 6.72. The zero-order chi connectivity index (χ0) is 20.1. The third-order valence-corrected chi connectivity index (χ3v) is 8.08. The molecule has 6 nitrogen and oxygen atoms in total. The van der Waals surface area contributed by atoms with E-state index in [1.54, 1.807) is 18.2 Å². The van der Waals surface area contributed by atoms with E-state index in [-0.39, 0.29) is 16.4 Å². The van der Waals surface area contributed by atoms with Gasteiger partial charge in [-0.3, -0.25) is 0 Å². The number of fused-ring (bicyclic) bond motifs is 3. The van der Waals surface area contributed by atoms with Crippen LogP contribution in [0, 0.1) is 16.7 Å². The molecule has 2 aromatic rings. The Hall–Kier alpha value is -2.15. The second-order valence-corrected chi connectivity index (χ2v) is 8.65. The van der Waals surface area contributed by atoms with Gasteiger partial charge < -0.3 is 14.0 Å². The molecule has 0 radical (unpaired) electrons. The van der Waals surface area contributed by atoms with Gasteiger partial charge in [-0.1, -0.05) is 34.9 Å². The van der Waals surface area contributed by atoms with Crippen molar-refractivity contribution in [2.75, 3.05) is 12.4 Å². The van der Waals surface area contributed by atoms with Gasteiger partial charge in [-0.15, -0.1) is 0 Å². The van der Waals surface area contributed by atoms with Crippen LogP contribution in [0.3, 0.4) is 0 Å². The van der Waals surface area contributed by atoms with E-state index in [9.17, 15) is 9.59 Å². The van der Waals surface area contributed by atoms with Gasteiger partial charge in [0, 0.05) is 22.2 Å². The Morgan fingerprint density at radius 2 is 2.14 bits per heavy atom. The van der Waals surface area contributed by atoms with Crippen LogP contribution in [0.4, 0.5) is 0 Å². The highest BCUT2D eigenvalue weighted by Gasteiger charge is 2.62. The van der Waals surface area contributed by atoms with E-state index in [1.165, 1.54) is 13.2 Å². The Morgan fingerprint density at radius 3 is 2.82 bits per heavy atom. The van der Waals surface area contributed by atoms with Gasteiger partial charge in [-0.05, 0) is 48.8 Å². The lowest BCUT2D eigenvalue weighted by atomic mass is 9.70. The van der Waals surface area contributed by atoms with Gasteiger partial charge in [0.15, 0.2) is 0 Å². The summed E-state index contributed by atoms with van der Waals surface area (Å²) in [4.78, 5) is 29.9. The Bertz CT molecular complexity index is 1040. The van der Waals surface area contributed by atoms with Crippen LogP contribution in [0.15, 0.2) is 38.6 Å². The zero-order valence-electron chi connectivity index (χ0n) is 16.1. The van der Waals surface area contributed by atoms with E-state index >= 15 is 0 Å². The summed E-state index contributed by atoms with van der Waals surface area (Å²) < 4.78 is 10.4. The fourth-order valence-electron chi connectivity index (χ4n) is 4.68. The number of nitrogens with zero attached hydrogens (tertiary/aromatic N) is 1. The molecule has 2 fully saturated rings. The van der Waals surface area contributed by atoms with E-state index in [0.29, 0.717) is 22.6 Å². The number of hydrogen-bond donors (Lipinski definition) is 0. The molecule has 1 heterocycles. The van der Waals surface area contributed by atoms with Crippen molar-refractivity contribution in [3.05, 3.63) is 40.2 Å². The fraction of sp³-hybridized carbons (Fsp3) is 0.476. The van der Waals surface area contributed by atoms with Crippen molar-refractivity contribution in [3.63, 3.8) is 0 Å². The van der Waals surface area contributed by atoms with Gasteiger partial charge >= 0.3 is 11.6 Å². The molecule has 0 N–H and O–H groups in total. The number of carbonyl (C=O) groups is 1. The molecule has 1 aromatic heterocycles. The number of rotatable bonds is 4. The molecule has 1 aromatic carbocycles. The van der Waals surface area contributed by atoms with Crippen LogP contribution in [0.1, 0.15) is 43.5 Å². The van der Waals surface area contributed by atoms with Crippen molar-refractivity contribution in [2.45, 2.75) is 33.1 Å². The number of ether oxygens (including phenoxy) is 1. The number of methoxy groups -OCH3 is 1. The first kappa shape index (κ1) is 19.2. The first-order chi connectivity index (χ1) is 13.3. The highest BCUT2D eigenvalue weighted by Crippen LogP contribution is 2.64. The first-order valence-corrected chi connectivity index (χ1v) is 10.4. The average molecular weight is 448 g/mol. The van der Waals surface area contributed by atoms with E-state index < -0.39 is 11.6 Å². The van der Waals surface area contributed by atoms with Crippen LogP contribution < -0.4 is 10.4 Å². The lowest BCUT2D eigenvalue weighted by molar-refractivity contribution is 0.0504. The van der Waals surface area contributed by atoms with E-state index in [2.05, 4.69) is 34.9 Å². The van der Waals surface area contributed by atoms with Crippen molar-refractivity contribution in [1.82, 2.24) is 0 Å². The van der Waals surface area contributed by atoms with Gasteiger partial charge in [0.2, 0.25) is 0 Å². The summed E-state index contributed by atoms with van der Waals surface area (Å²) in [5.74, 6) is 0.290. The summed E-state index contributed by atoms with van der Waals surface area (Å²) in [7, 11) is 1.53. The topological polar surface area (TPSA) is 78.1 Å². The number of hydrogen-bond acceptors (Lipinski definition) is 6. The minimum Gasteiger partial charge on any atom is -0.497 e. The van der Waals surface area contributed by atoms with Crippen LogP contribution in [0.5, 0.6) is 5.75 Å². The Kier molecular flexibility index (Phi) is 4.61. The molecule has 2 bridgehead atoms. The van der Waals surface area contributed by atoms with Crippen molar-refractivity contribution >= 4 is 38.6 Å². The molecule has 0 saturated heterocycles. The Morgan fingerprint density at radius 1 is 1.36 bits per heavy atom. The molecule has 0 spiro atoms. The molecule has 28 heavy (non-hydrogen) atoms. The minimum atomic E-state index is -0.800. The SMILES string of the molecule is COc1ccc2cc(C(=O)ON=C3CC4CCC3(C)C4(C)CBr)c(=O)oc2c1. The van der Waals surface area contributed by atoms with Crippen LogP contribution in [-0.2, 0) is 4.84 Å². The molecule has 7 heteroatoms. The lowest BCUT2D eigenvalue weighted by Crippen LogP contribution is -2.36. The highest BCUT2D eigenvalue weighted by atomic mass is 79.9. The number of alkyl halides is 1. The van der Waals surface area contributed by atoms with Gasteiger partial charge in [-0.2, -0.15) is 0 Å². The van der Waals surface area contributed by atoms with Crippen LogP contribution in [0.25, 0.3) is 11.0 Å². The van der Waals surface area contributed by atoms with Crippen molar-refractivity contribution in [2.24, 2.45) is 21.9 Å². The monoisotopic (exact) mass is 447 g/mol. The van der Waals surface area contributed by atoms with E-state index in [0.717, 1.165) is 30.3 Å². The summed E-state index contributed by atoms with van der Waals surface area (Å²) in [6.45, 7) is 4.45. The molecule has 4 rings (SSSR count). The van der Waals surface area contributed by atoms with Gasteiger partial charge in [0.25, 0.3) is 0 Å². The zero-order valence-corrected chi connectivity index (χ0v) is 17.7. The molecule has 3 atom stereocenters. The maximum absolute atomic E-state index is 12.5. The second-order valence-electron chi connectivity index (χ2n) is 8.09. The smallest absolute Gasteiger partial charge is 0.373 e. The van der Waals surface area contributed by atoms with Crippen LogP contribution >= 0.6 is 15.9 Å². The van der Waals surface area contributed by atoms with Crippen molar-refractivity contribution in [1.29, 1.82) is 0 Å². The Balaban J connectivity index is 1.60. The summed E-state index contributed by atoms with van der Waals surface area (Å²) in [5, 5.41) is 5.68. The predicted octanol–water partition coefficient (Wildman–Crippen LogP) is 4.54. The quantitative estimate of drug-likeness (QED) is 0.297. The standard InChI is InChI=1S/C21H22BrNO5/c1-20-7-6-13(21(20,2)11-22)9-17(20)23-28-19(25)15-8-12-4-5-14(26-3)10-16(12)27-18(15)24/h4-5,8,10,13H,6-7,9,11H2,1-3H3. The van der Waals surface area contributed by atoms with Gasteiger partial charge in [0.05, 0.1) is 12.8 Å². The maximum Gasteiger partial charge on any atom is 0.373 e. The van der Waals surface area contributed by atoms with Gasteiger partial charge in [-0.25, -0.2) is 9.59 Å². The third kappa shape index (κ3) is 2.70. The predicted molar refractivity (Wildman–Crippen MR) is 109 cm³/mol. The number of carbonyl (C=O) groups excluding carboxylic acids is 1. The average Bonchev–Trinajstić information content (AvgIpc) is 3.07. The van der Waals surface area contributed by atoms with Crippen molar-refractivity contribution < 1.29 is 18.8 Å². The Labute approximate surface area is 171 Å². The lowest BCUT2D eigenvalue weighted by Gasteiger charge is -2.36. The highest BCUT2D eigenvalue weighted by molar-refractivity contribution is 9.09. The van der Waals surface area contributed by atoms with E-state index in [1.807, 2.05) is 0 Å². The first-order valence-electron chi connectivity index (χ1n) is 9.29. The van der Waals surface area contributed by atoms with Crippen molar-refractivity contribution in [3.8, 4) is 5.75 Å². The van der Waals surface area contributed by atoms with Gasteiger partial charge in [0.1, 0.15) is 16.9 Å². The maximum atomic E-state index is 12.5. The van der Waals surface area contributed by atoms with Crippen LogP contribution in [0.2, 0.25) is 0 Å². The normalized spacial score (nSPS) is 30.1. The third-order valence-electron chi connectivity index (χ3n) is 6.91. The van der Waals surface area contributed by atoms with E-state index in [4.69, 9.17) is 14.0 Å². The molecule has 0 aliphatic heterocycles. The molecule has 3 unspecified atom stereocenters. The summed E-state index contributed by atoms with van der Waals surface area (Å²) >= 11 is 3.65. The fourth-order valence-corrected chi connectivity index (χ4v) is 5.76. The molecular formula is C21H22BrNO5. The largest absolute Gasteiger partial charge is 0.497 e. The van der Waals surface area contributed by atoms with Crippen LogP contribution in [-0.4, -0.2) is 24.1 Å². The number of benzene rings is 1. The molecule has 2 saturated carbocycles. The minimum absolute atomic E-state index is 0.0965. The summed E-state index contributed by atoms with van der Waals surface area (Å²) in [6.07, 6.45) is 3.00. The molecule has 0 amide bonds. The molecular weight excluding hydrogens is 426 g/mol. The molecule has 2 aliphatic carbocycles.